The van der Waals surface area contributed by atoms with E-state index in [1.807, 2.05) is 18.2 Å². The van der Waals surface area contributed by atoms with Gasteiger partial charge in [0.1, 0.15) is 5.75 Å². The molecule has 0 saturated carbocycles. The number of carbonyl (C=O) groups is 3. The summed E-state index contributed by atoms with van der Waals surface area (Å²) in [7, 11) is 2.11. The lowest BCUT2D eigenvalue weighted by atomic mass is 10.2. The Bertz CT molecular complexity index is 2630. The van der Waals surface area contributed by atoms with Gasteiger partial charge in [-0.1, -0.05) is 0 Å². The van der Waals surface area contributed by atoms with Gasteiger partial charge in [0.15, 0.2) is 17.5 Å². The van der Waals surface area contributed by atoms with Crippen LogP contribution in [-0.2, 0) is 14.2 Å². The second kappa shape index (κ2) is 14.8. The monoisotopic (exact) mass is 756 g/mol. The van der Waals surface area contributed by atoms with Gasteiger partial charge in [-0.2, -0.15) is 0 Å². The molecule has 0 unspecified atom stereocenters. The van der Waals surface area contributed by atoms with Crippen molar-refractivity contribution in [1.29, 1.82) is 0 Å². The summed E-state index contributed by atoms with van der Waals surface area (Å²) >= 11 is 0. The summed E-state index contributed by atoms with van der Waals surface area (Å²) in [5.41, 5.74) is 5.83. The van der Waals surface area contributed by atoms with E-state index >= 15 is 0 Å². The van der Waals surface area contributed by atoms with Gasteiger partial charge < -0.3 is 29.1 Å². The molecule has 1 aliphatic heterocycles. The molecule has 0 atom stereocenters. The molecule has 0 bridgehead atoms. The van der Waals surface area contributed by atoms with Crippen LogP contribution in [0.25, 0.3) is 67.3 Å². The average molecular weight is 757 g/mol. The van der Waals surface area contributed by atoms with Crippen LogP contribution in [0.1, 0.15) is 20.8 Å². The van der Waals surface area contributed by atoms with Crippen LogP contribution in [0.3, 0.4) is 0 Å². The van der Waals surface area contributed by atoms with Gasteiger partial charge in [-0.05, 0) is 107 Å². The molecule has 4 aromatic carbocycles. The Morgan fingerprint density at radius 2 is 0.946 bits per heavy atom. The number of likely N-dealkylation sites (N-methyl/N-ethyl adjacent to an activating group) is 1. The average Bonchev–Trinajstić information content (AvgIpc) is 3.90. The summed E-state index contributed by atoms with van der Waals surface area (Å²) in [5, 5.41) is 9.88. The van der Waals surface area contributed by atoms with Crippen molar-refractivity contribution in [3.63, 3.8) is 0 Å². The summed E-state index contributed by atoms with van der Waals surface area (Å²) in [6.45, 7) is 9.34. The van der Waals surface area contributed by atoms with E-state index < -0.39 is 18.3 Å². The second-order valence-corrected chi connectivity index (χ2v) is 13.3. The van der Waals surface area contributed by atoms with Crippen LogP contribution in [0.2, 0.25) is 0 Å². The van der Waals surface area contributed by atoms with Gasteiger partial charge >= 0.3 is 18.3 Å². The number of anilines is 1. The first kappa shape index (κ1) is 36.2. The van der Waals surface area contributed by atoms with Crippen molar-refractivity contribution in [2.24, 2.45) is 0 Å². The van der Waals surface area contributed by atoms with Gasteiger partial charge in [0.05, 0.1) is 52.9 Å². The normalized spacial score (nSPS) is 13.5. The summed E-state index contributed by atoms with van der Waals surface area (Å²) in [5.74, 6) is 1.05. The maximum absolute atomic E-state index is 13.6. The van der Waals surface area contributed by atoms with Crippen LogP contribution in [0.15, 0.2) is 78.9 Å². The summed E-state index contributed by atoms with van der Waals surface area (Å²) in [6, 6.07) is 22.8. The molecule has 1 saturated heterocycles. The molecule has 0 aliphatic carbocycles. The Morgan fingerprint density at radius 1 is 0.554 bits per heavy atom. The number of aromatic nitrogens is 6. The fourth-order valence-electron chi connectivity index (χ4n) is 7.08. The number of carbonyl (C=O) groups excluding carboxylic acids is 3. The van der Waals surface area contributed by atoms with E-state index in [2.05, 4.69) is 16.8 Å². The predicted octanol–water partition coefficient (Wildman–Crippen LogP) is 7.21. The summed E-state index contributed by atoms with van der Waals surface area (Å²) < 4.78 is 20.6. The number of phenols is 1. The molecule has 1 fully saturated rings. The van der Waals surface area contributed by atoms with Gasteiger partial charge in [-0.15, -0.1) is 0 Å². The number of fused-ring (bicyclic) bond motifs is 3. The number of imidazole rings is 3. The van der Waals surface area contributed by atoms with Crippen molar-refractivity contribution in [3.8, 4) is 39.9 Å². The Labute approximate surface area is 321 Å². The van der Waals surface area contributed by atoms with E-state index in [1.54, 1.807) is 69.3 Å². The molecule has 56 heavy (non-hydrogen) atoms. The highest BCUT2D eigenvalue weighted by atomic mass is 16.6. The molecule has 4 heterocycles. The van der Waals surface area contributed by atoms with Crippen LogP contribution in [0.5, 0.6) is 5.75 Å². The fourth-order valence-corrected chi connectivity index (χ4v) is 7.08. The SMILES string of the molecule is CCOC(=O)n1c(-c2ccc(O)cc2)nc2cc(-c3nc4cc(-c5nc6cc(N7CCN(C)CC7)ccc6n5C(=O)OCC)ccc4n3C(=O)OCC)ccc21. The molecule has 0 spiro atoms. The van der Waals surface area contributed by atoms with E-state index in [4.69, 9.17) is 29.2 Å². The second-order valence-electron chi connectivity index (χ2n) is 13.3. The van der Waals surface area contributed by atoms with Crippen LogP contribution >= 0.6 is 0 Å². The lowest BCUT2D eigenvalue weighted by molar-refractivity contribution is 0.154. The highest BCUT2D eigenvalue weighted by molar-refractivity contribution is 5.98. The molecular weight excluding hydrogens is 716 g/mol. The van der Waals surface area contributed by atoms with Crippen molar-refractivity contribution in [1.82, 2.24) is 33.6 Å². The topological polar surface area (TPSA) is 159 Å². The number of aromatic hydroxyl groups is 1. The third kappa shape index (κ3) is 6.45. The summed E-state index contributed by atoms with van der Waals surface area (Å²) in [6.07, 6.45) is -1.80. The molecule has 15 nitrogen and oxygen atoms in total. The number of piperazine rings is 1. The molecule has 3 aromatic heterocycles. The van der Waals surface area contributed by atoms with E-state index in [1.165, 1.54) is 25.8 Å². The largest absolute Gasteiger partial charge is 0.508 e. The predicted molar refractivity (Wildman–Crippen MR) is 211 cm³/mol. The van der Waals surface area contributed by atoms with Crippen molar-refractivity contribution >= 4 is 57.1 Å². The minimum absolute atomic E-state index is 0.0735. The smallest absolute Gasteiger partial charge is 0.420 e. The van der Waals surface area contributed by atoms with Gasteiger partial charge in [-0.3, -0.25) is 0 Å². The molecule has 1 aliphatic rings. The minimum atomic E-state index is -0.630. The van der Waals surface area contributed by atoms with Crippen molar-refractivity contribution in [2.45, 2.75) is 20.8 Å². The Balaban J connectivity index is 1.26. The Morgan fingerprint density at radius 3 is 1.39 bits per heavy atom. The van der Waals surface area contributed by atoms with Crippen LogP contribution in [-0.4, -0.2) is 110 Å². The van der Waals surface area contributed by atoms with Crippen LogP contribution in [0.4, 0.5) is 20.1 Å². The van der Waals surface area contributed by atoms with Crippen molar-refractivity contribution in [2.75, 3.05) is 57.9 Å². The highest BCUT2D eigenvalue weighted by Crippen LogP contribution is 2.34. The first-order valence-corrected chi connectivity index (χ1v) is 18.5. The third-order valence-corrected chi connectivity index (χ3v) is 9.81. The van der Waals surface area contributed by atoms with E-state index in [9.17, 15) is 19.5 Å². The lowest BCUT2D eigenvalue weighted by Crippen LogP contribution is -2.44. The van der Waals surface area contributed by atoms with Crippen LogP contribution in [0, 0.1) is 0 Å². The van der Waals surface area contributed by atoms with Gasteiger partial charge in [-0.25, -0.2) is 43.0 Å². The minimum Gasteiger partial charge on any atom is -0.508 e. The number of ether oxygens (including phenoxy) is 3. The van der Waals surface area contributed by atoms with E-state index in [0.717, 1.165) is 31.9 Å². The Kier molecular flexibility index (Phi) is 9.60. The Hall–Kier alpha value is -6.74. The fraction of sp³-hybridized carbons (Fsp3) is 0.268. The zero-order valence-corrected chi connectivity index (χ0v) is 31.4. The molecule has 8 rings (SSSR count). The third-order valence-electron chi connectivity index (χ3n) is 9.81. The maximum Gasteiger partial charge on any atom is 0.420 e. The zero-order chi connectivity index (χ0) is 39.1. The van der Waals surface area contributed by atoms with Gasteiger partial charge in [0.2, 0.25) is 0 Å². The number of hydrogen-bond donors (Lipinski definition) is 1. The highest BCUT2D eigenvalue weighted by Gasteiger charge is 2.26. The molecular formula is C41H40N8O7. The summed E-state index contributed by atoms with van der Waals surface area (Å²) in [4.78, 5) is 59.6. The number of benzene rings is 4. The van der Waals surface area contributed by atoms with Crippen molar-refractivity contribution < 1.29 is 33.7 Å². The number of nitrogens with zero attached hydrogens (tertiary/aromatic N) is 8. The molecule has 0 radical (unpaired) electrons. The molecule has 1 N–H and O–H groups in total. The standard InChI is InChI=1S/C41H40N8O7/c1-5-54-39(51)47-33-15-10-26(22-30(33)42-36(47)25-8-13-29(50)14-9-25)37-43-31-23-27(11-16-34(31)48(37)40(52)55-6-2)38-44-32-24-28(46-20-18-45(4)19-21-46)12-17-35(32)49(38)41(53)56-7-3/h8-17,22-24,50H,5-7,18-21H2,1-4H3. The zero-order valence-electron chi connectivity index (χ0n) is 31.4. The molecule has 7 aromatic rings. The number of rotatable bonds is 7. The van der Waals surface area contributed by atoms with Gasteiger partial charge in [0, 0.05) is 48.6 Å². The molecule has 286 valence electrons. The van der Waals surface area contributed by atoms with E-state index in [0.29, 0.717) is 61.4 Å². The maximum atomic E-state index is 13.6. The quantitative estimate of drug-likeness (QED) is 0.163. The first-order chi connectivity index (χ1) is 27.2. The molecule has 15 heteroatoms. The lowest BCUT2D eigenvalue weighted by Gasteiger charge is -2.34. The molecule has 0 amide bonds. The van der Waals surface area contributed by atoms with E-state index in [-0.39, 0.29) is 31.4 Å². The number of hydrogen-bond acceptors (Lipinski definition) is 12. The van der Waals surface area contributed by atoms with Gasteiger partial charge in [0.25, 0.3) is 0 Å². The van der Waals surface area contributed by atoms with Crippen molar-refractivity contribution in [3.05, 3.63) is 78.9 Å². The van der Waals surface area contributed by atoms with Crippen LogP contribution < -0.4 is 4.90 Å². The first-order valence-electron chi connectivity index (χ1n) is 18.5. The number of phenolic OH excluding ortho intramolecular Hbond substituents is 1.